The largest absolute Gasteiger partial charge is 0.497 e. The topological polar surface area (TPSA) is 97.6 Å². The maximum atomic E-state index is 12.8. The smallest absolute Gasteiger partial charge is 0.241 e. The van der Waals surface area contributed by atoms with Gasteiger partial charge in [-0.1, -0.05) is 30.3 Å². The van der Waals surface area contributed by atoms with Gasteiger partial charge in [-0.3, -0.25) is 4.79 Å². The molecule has 2 aromatic carbocycles. The molecular formula is C21H22N2O5S. The van der Waals surface area contributed by atoms with Crippen LogP contribution in [0.4, 0.5) is 0 Å². The minimum Gasteiger partial charge on any atom is -0.497 e. The van der Waals surface area contributed by atoms with Gasteiger partial charge in [-0.25, -0.2) is 8.42 Å². The molecule has 3 aromatic rings. The van der Waals surface area contributed by atoms with Crippen molar-refractivity contribution in [2.45, 2.75) is 23.9 Å². The Morgan fingerprint density at radius 3 is 2.38 bits per heavy atom. The fourth-order valence-corrected chi connectivity index (χ4v) is 3.96. The van der Waals surface area contributed by atoms with Crippen molar-refractivity contribution in [2.24, 2.45) is 0 Å². The van der Waals surface area contributed by atoms with Crippen LogP contribution in [0.15, 0.2) is 82.3 Å². The Balaban J connectivity index is 1.71. The summed E-state index contributed by atoms with van der Waals surface area (Å²) < 4.78 is 38.5. The Labute approximate surface area is 169 Å². The number of rotatable bonds is 9. The number of amides is 1. The van der Waals surface area contributed by atoms with Crippen LogP contribution in [-0.2, 0) is 21.4 Å². The van der Waals surface area contributed by atoms with E-state index in [0.717, 1.165) is 5.56 Å². The molecule has 2 N–H and O–H groups in total. The van der Waals surface area contributed by atoms with Crippen molar-refractivity contribution >= 4 is 15.9 Å². The average molecular weight is 414 g/mol. The predicted octanol–water partition coefficient (Wildman–Crippen LogP) is 3.01. The Bertz CT molecular complexity index is 1020. The zero-order valence-electron chi connectivity index (χ0n) is 15.9. The lowest BCUT2D eigenvalue weighted by Crippen LogP contribution is -2.33. The normalized spacial score (nSPS) is 12.3. The highest BCUT2D eigenvalue weighted by Crippen LogP contribution is 2.22. The van der Waals surface area contributed by atoms with E-state index in [1.807, 2.05) is 30.3 Å². The molecule has 0 saturated heterocycles. The maximum absolute atomic E-state index is 12.8. The van der Waals surface area contributed by atoms with Crippen LogP contribution in [0.3, 0.4) is 0 Å². The second-order valence-corrected chi connectivity index (χ2v) is 8.05. The summed E-state index contributed by atoms with van der Waals surface area (Å²) in [6.07, 6.45) is 1.33. The van der Waals surface area contributed by atoms with Gasteiger partial charge in [0.1, 0.15) is 11.5 Å². The van der Waals surface area contributed by atoms with Gasteiger partial charge in [-0.2, -0.15) is 4.72 Å². The summed E-state index contributed by atoms with van der Waals surface area (Å²) in [7, 11) is -2.37. The molecule has 0 fully saturated rings. The van der Waals surface area contributed by atoms with Crippen LogP contribution < -0.4 is 14.8 Å². The van der Waals surface area contributed by atoms with Crippen molar-refractivity contribution in [2.75, 3.05) is 7.11 Å². The van der Waals surface area contributed by atoms with Gasteiger partial charge in [-0.15, -0.1) is 0 Å². The third kappa shape index (κ3) is 5.69. The third-order valence-corrected chi connectivity index (χ3v) is 5.76. The quantitative estimate of drug-likeness (QED) is 0.561. The number of nitrogens with one attached hydrogen (secondary N) is 2. The van der Waals surface area contributed by atoms with Crippen LogP contribution >= 0.6 is 0 Å². The number of ether oxygens (including phenoxy) is 1. The number of methoxy groups -OCH3 is 1. The Morgan fingerprint density at radius 1 is 1.03 bits per heavy atom. The number of carbonyl (C=O) groups is 1. The molecule has 7 nitrogen and oxygen atoms in total. The summed E-state index contributed by atoms with van der Waals surface area (Å²) in [5.41, 5.74) is 0.953. The molecule has 0 aliphatic heterocycles. The molecule has 152 valence electrons. The van der Waals surface area contributed by atoms with Crippen LogP contribution in [0.5, 0.6) is 5.75 Å². The van der Waals surface area contributed by atoms with Crippen molar-refractivity contribution < 1.29 is 22.4 Å². The van der Waals surface area contributed by atoms with Gasteiger partial charge in [0, 0.05) is 6.54 Å². The van der Waals surface area contributed by atoms with Gasteiger partial charge in [0.05, 0.1) is 30.7 Å². The molecule has 1 amide bonds. The second kappa shape index (κ2) is 9.40. The summed E-state index contributed by atoms with van der Waals surface area (Å²) in [5.74, 6) is 0.608. The number of sulfonamides is 1. The fraction of sp³-hybridized carbons (Fsp3) is 0.190. The number of carbonyl (C=O) groups excluding carboxylic acids is 1. The van der Waals surface area contributed by atoms with Crippen LogP contribution in [-0.4, -0.2) is 21.4 Å². The molecule has 0 aliphatic rings. The van der Waals surface area contributed by atoms with Crippen LogP contribution in [0.2, 0.25) is 0 Å². The lowest BCUT2D eigenvalue weighted by molar-refractivity contribution is -0.121. The molecule has 0 saturated carbocycles. The van der Waals surface area contributed by atoms with Crippen molar-refractivity contribution in [3.05, 3.63) is 84.3 Å². The molecule has 1 heterocycles. The molecule has 0 bridgehead atoms. The van der Waals surface area contributed by atoms with Crippen molar-refractivity contribution in [3.63, 3.8) is 0 Å². The summed E-state index contributed by atoms with van der Waals surface area (Å²) in [6, 6.07) is 17.9. The van der Waals surface area contributed by atoms with Crippen LogP contribution in [0.25, 0.3) is 0 Å². The first-order chi connectivity index (χ1) is 14.0. The van der Waals surface area contributed by atoms with E-state index < -0.39 is 16.1 Å². The van der Waals surface area contributed by atoms with Gasteiger partial charge in [0.25, 0.3) is 0 Å². The lowest BCUT2D eigenvalue weighted by atomic mass is 10.1. The van der Waals surface area contributed by atoms with E-state index in [9.17, 15) is 13.2 Å². The molecule has 3 rings (SSSR count). The molecular weight excluding hydrogens is 392 g/mol. The summed E-state index contributed by atoms with van der Waals surface area (Å²) in [6.45, 7) is 0.357. The third-order valence-electron chi connectivity index (χ3n) is 4.28. The molecule has 1 atom stereocenters. The van der Waals surface area contributed by atoms with E-state index in [0.29, 0.717) is 18.1 Å². The Morgan fingerprint density at radius 2 is 1.76 bits per heavy atom. The first-order valence-corrected chi connectivity index (χ1v) is 10.5. The minimum atomic E-state index is -3.87. The Kier molecular flexibility index (Phi) is 6.69. The maximum Gasteiger partial charge on any atom is 0.241 e. The molecule has 0 aliphatic carbocycles. The first-order valence-electron chi connectivity index (χ1n) is 8.98. The van der Waals surface area contributed by atoms with Gasteiger partial charge in [-0.05, 0) is 42.0 Å². The van der Waals surface area contributed by atoms with Gasteiger partial charge in [0.2, 0.25) is 15.9 Å². The van der Waals surface area contributed by atoms with Crippen molar-refractivity contribution in [3.8, 4) is 5.75 Å². The SMILES string of the molecule is COc1ccc(S(=O)(=O)NC(CC(=O)NCc2ccccc2)c2ccco2)cc1. The fourth-order valence-electron chi connectivity index (χ4n) is 2.75. The highest BCUT2D eigenvalue weighted by molar-refractivity contribution is 7.89. The molecule has 0 radical (unpaired) electrons. The van der Waals surface area contributed by atoms with E-state index in [1.54, 1.807) is 24.3 Å². The molecule has 1 aromatic heterocycles. The standard InChI is InChI=1S/C21H22N2O5S/c1-27-17-9-11-18(12-10-17)29(25,26)23-19(20-8-5-13-28-20)14-21(24)22-15-16-6-3-2-4-7-16/h2-13,19,23H,14-15H2,1H3,(H,22,24). The van der Waals surface area contributed by atoms with Gasteiger partial charge >= 0.3 is 0 Å². The predicted molar refractivity (Wildman–Crippen MR) is 108 cm³/mol. The van der Waals surface area contributed by atoms with Crippen LogP contribution in [0, 0.1) is 0 Å². The van der Waals surface area contributed by atoms with E-state index in [1.165, 1.54) is 25.5 Å². The Hall–Kier alpha value is -3.10. The van der Waals surface area contributed by atoms with Crippen LogP contribution in [0.1, 0.15) is 23.8 Å². The van der Waals surface area contributed by atoms with E-state index >= 15 is 0 Å². The van der Waals surface area contributed by atoms with Gasteiger partial charge in [0.15, 0.2) is 0 Å². The number of benzene rings is 2. The lowest BCUT2D eigenvalue weighted by Gasteiger charge is -2.17. The molecule has 8 heteroatoms. The number of furan rings is 1. The van der Waals surface area contributed by atoms with E-state index in [4.69, 9.17) is 9.15 Å². The summed E-state index contributed by atoms with van der Waals surface area (Å²) in [4.78, 5) is 12.5. The van der Waals surface area contributed by atoms with E-state index in [2.05, 4.69) is 10.0 Å². The highest BCUT2D eigenvalue weighted by Gasteiger charge is 2.25. The number of hydrogen-bond acceptors (Lipinski definition) is 5. The zero-order chi connectivity index (χ0) is 20.7. The van der Waals surface area contributed by atoms with Crippen molar-refractivity contribution in [1.29, 1.82) is 0 Å². The zero-order valence-corrected chi connectivity index (χ0v) is 16.7. The summed E-state index contributed by atoms with van der Waals surface area (Å²) >= 11 is 0. The molecule has 0 spiro atoms. The first kappa shape index (κ1) is 20.6. The average Bonchev–Trinajstić information content (AvgIpc) is 3.27. The summed E-state index contributed by atoms with van der Waals surface area (Å²) in [5, 5.41) is 2.80. The second-order valence-electron chi connectivity index (χ2n) is 6.33. The molecule has 1 unspecified atom stereocenters. The van der Waals surface area contributed by atoms with Crippen molar-refractivity contribution in [1.82, 2.24) is 10.0 Å². The number of hydrogen-bond donors (Lipinski definition) is 2. The molecule has 29 heavy (non-hydrogen) atoms. The van der Waals surface area contributed by atoms with E-state index in [-0.39, 0.29) is 17.2 Å². The highest BCUT2D eigenvalue weighted by atomic mass is 32.2. The minimum absolute atomic E-state index is 0.0690. The monoisotopic (exact) mass is 414 g/mol. The van der Waals surface area contributed by atoms with Gasteiger partial charge < -0.3 is 14.5 Å².